The fourth-order valence-corrected chi connectivity index (χ4v) is 1.20. The highest BCUT2D eigenvalue weighted by Crippen LogP contribution is 2.36. The van der Waals surface area contributed by atoms with Crippen LogP contribution in [0, 0.1) is 0 Å². The van der Waals surface area contributed by atoms with Crippen molar-refractivity contribution < 1.29 is 19.3 Å². The minimum absolute atomic E-state index is 0.109. The summed E-state index contributed by atoms with van der Waals surface area (Å²) in [5.74, 6) is 1.84. The molecule has 0 aliphatic heterocycles. The third-order valence-corrected chi connectivity index (χ3v) is 1.93. The normalized spacial score (nSPS) is 9.80. The molecule has 0 fully saturated rings. The summed E-state index contributed by atoms with van der Waals surface area (Å²) in [7, 11) is 3.15. The number of aliphatic hydroxyl groups excluding tert-OH is 1. The topological polar surface area (TPSA) is 47.9 Å². The van der Waals surface area contributed by atoms with Crippen molar-refractivity contribution in [3.8, 4) is 17.2 Å². The van der Waals surface area contributed by atoms with E-state index < -0.39 is 0 Å². The largest absolute Gasteiger partial charge is 0.493 e. The molecule has 0 radical (unpaired) electrons. The molecular weight excluding hydrogens is 196 g/mol. The van der Waals surface area contributed by atoms with Gasteiger partial charge in [-0.3, -0.25) is 0 Å². The molecule has 1 aromatic rings. The molecule has 0 unspecified atom stereocenters. The van der Waals surface area contributed by atoms with Crippen LogP contribution >= 0.6 is 0 Å². The summed E-state index contributed by atoms with van der Waals surface area (Å²) >= 11 is 0. The standard InChI is InChI=1S/C11H16O4/c1-13-9-5-3-6-10(14-2)11(9)15-8-4-7-12/h3,5-6,12H,4,7-8H2,1-2H3. The van der Waals surface area contributed by atoms with E-state index in [-0.39, 0.29) is 6.61 Å². The molecule has 0 spiro atoms. The van der Waals surface area contributed by atoms with E-state index in [0.717, 1.165) is 0 Å². The van der Waals surface area contributed by atoms with Crippen LogP contribution in [-0.4, -0.2) is 32.5 Å². The Morgan fingerprint density at radius 3 is 2.20 bits per heavy atom. The highest BCUT2D eigenvalue weighted by atomic mass is 16.5. The van der Waals surface area contributed by atoms with Crippen molar-refractivity contribution in [3.63, 3.8) is 0 Å². The van der Waals surface area contributed by atoms with Crippen LogP contribution in [0.5, 0.6) is 17.2 Å². The van der Waals surface area contributed by atoms with Crippen LogP contribution < -0.4 is 14.2 Å². The lowest BCUT2D eigenvalue weighted by Crippen LogP contribution is -2.02. The van der Waals surface area contributed by atoms with Gasteiger partial charge in [-0.25, -0.2) is 0 Å². The Morgan fingerprint density at radius 1 is 1.13 bits per heavy atom. The van der Waals surface area contributed by atoms with Gasteiger partial charge in [0, 0.05) is 13.0 Å². The molecule has 0 saturated heterocycles. The van der Waals surface area contributed by atoms with Crippen LogP contribution in [0.25, 0.3) is 0 Å². The minimum Gasteiger partial charge on any atom is -0.493 e. The third kappa shape index (κ3) is 3.02. The van der Waals surface area contributed by atoms with Crippen LogP contribution in [0.3, 0.4) is 0 Å². The number of aliphatic hydroxyl groups is 1. The molecule has 0 bridgehead atoms. The Bertz CT molecular complexity index is 276. The van der Waals surface area contributed by atoms with Gasteiger partial charge in [0.05, 0.1) is 20.8 Å². The molecule has 0 amide bonds. The molecule has 0 atom stereocenters. The first-order valence-electron chi connectivity index (χ1n) is 4.78. The van der Waals surface area contributed by atoms with Gasteiger partial charge in [-0.15, -0.1) is 0 Å². The molecule has 4 heteroatoms. The summed E-state index contributed by atoms with van der Waals surface area (Å²) in [6, 6.07) is 5.43. The molecule has 0 aromatic heterocycles. The van der Waals surface area contributed by atoms with E-state index in [4.69, 9.17) is 19.3 Å². The van der Waals surface area contributed by atoms with Crippen molar-refractivity contribution >= 4 is 0 Å². The number of ether oxygens (including phenoxy) is 3. The Morgan fingerprint density at radius 2 is 1.73 bits per heavy atom. The molecule has 84 valence electrons. The fraction of sp³-hybridized carbons (Fsp3) is 0.455. The SMILES string of the molecule is COc1cccc(OC)c1OCCCO. The van der Waals surface area contributed by atoms with Gasteiger partial charge in [0.2, 0.25) is 5.75 Å². The van der Waals surface area contributed by atoms with Crippen molar-refractivity contribution in [2.75, 3.05) is 27.4 Å². The molecule has 15 heavy (non-hydrogen) atoms. The zero-order valence-corrected chi connectivity index (χ0v) is 9.03. The van der Waals surface area contributed by atoms with Crippen LogP contribution in [-0.2, 0) is 0 Å². The number of para-hydroxylation sites is 1. The predicted molar refractivity (Wildman–Crippen MR) is 56.7 cm³/mol. The van der Waals surface area contributed by atoms with Gasteiger partial charge >= 0.3 is 0 Å². The lowest BCUT2D eigenvalue weighted by molar-refractivity contribution is 0.222. The molecule has 1 N–H and O–H groups in total. The Hall–Kier alpha value is -1.42. The molecule has 0 aliphatic rings. The molecule has 0 aliphatic carbocycles. The van der Waals surface area contributed by atoms with E-state index >= 15 is 0 Å². The lowest BCUT2D eigenvalue weighted by Gasteiger charge is -2.13. The average Bonchev–Trinajstić information content (AvgIpc) is 2.29. The van der Waals surface area contributed by atoms with Crippen LogP contribution in [0.1, 0.15) is 6.42 Å². The van der Waals surface area contributed by atoms with E-state index in [2.05, 4.69) is 0 Å². The monoisotopic (exact) mass is 212 g/mol. The quantitative estimate of drug-likeness (QED) is 0.725. The van der Waals surface area contributed by atoms with E-state index in [1.807, 2.05) is 6.07 Å². The maximum absolute atomic E-state index is 8.65. The van der Waals surface area contributed by atoms with E-state index in [0.29, 0.717) is 30.3 Å². The molecule has 4 nitrogen and oxygen atoms in total. The fourth-order valence-electron chi connectivity index (χ4n) is 1.20. The zero-order chi connectivity index (χ0) is 11.1. The second kappa shape index (κ2) is 6.14. The first kappa shape index (κ1) is 11.7. The maximum atomic E-state index is 8.65. The van der Waals surface area contributed by atoms with Gasteiger partial charge in [-0.2, -0.15) is 0 Å². The third-order valence-electron chi connectivity index (χ3n) is 1.93. The highest BCUT2D eigenvalue weighted by Gasteiger charge is 2.10. The van der Waals surface area contributed by atoms with E-state index in [1.54, 1.807) is 26.4 Å². The average molecular weight is 212 g/mol. The van der Waals surface area contributed by atoms with Gasteiger partial charge < -0.3 is 19.3 Å². The van der Waals surface area contributed by atoms with Crippen molar-refractivity contribution in [2.24, 2.45) is 0 Å². The number of hydrogen-bond donors (Lipinski definition) is 1. The van der Waals surface area contributed by atoms with Crippen LogP contribution in [0.2, 0.25) is 0 Å². The highest BCUT2D eigenvalue weighted by molar-refractivity contribution is 5.50. The second-order valence-electron chi connectivity index (χ2n) is 2.92. The summed E-state index contributed by atoms with van der Waals surface area (Å²) < 4.78 is 15.8. The number of methoxy groups -OCH3 is 2. The number of rotatable bonds is 6. The summed E-state index contributed by atoms with van der Waals surface area (Å²) in [6.45, 7) is 0.546. The van der Waals surface area contributed by atoms with Crippen molar-refractivity contribution in [1.82, 2.24) is 0 Å². The van der Waals surface area contributed by atoms with Crippen molar-refractivity contribution in [1.29, 1.82) is 0 Å². The predicted octanol–water partition coefficient (Wildman–Crippen LogP) is 1.46. The van der Waals surface area contributed by atoms with Gasteiger partial charge in [-0.1, -0.05) is 6.07 Å². The lowest BCUT2D eigenvalue weighted by atomic mass is 10.3. The molecule has 0 heterocycles. The van der Waals surface area contributed by atoms with Crippen molar-refractivity contribution in [2.45, 2.75) is 6.42 Å². The van der Waals surface area contributed by atoms with Crippen molar-refractivity contribution in [3.05, 3.63) is 18.2 Å². The molecular formula is C11H16O4. The first-order valence-corrected chi connectivity index (χ1v) is 4.78. The Kier molecular flexibility index (Phi) is 4.77. The minimum atomic E-state index is 0.109. The van der Waals surface area contributed by atoms with E-state index in [9.17, 15) is 0 Å². The molecule has 1 rings (SSSR count). The van der Waals surface area contributed by atoms with Crippen LogP contribution in [0.15, 0.2) is 18.2 Å². The summed E-state index contributed by atoms with van der Waals surface area (Å²) in [4.78, 5) is 0. The van der Waals surface area contributed by atoms with Gasteiger partial charge in [0.25, 0.3) is 0 Å². The zero-order valence-electron chi connectivity index (χ0n) is 9.03. The van der Waals surface area contributed by atoms with Gasteiger partial charge in [-0.05, 0) is 12.1 Å². The maximum Gasteiger partial charge on any atom is 0.203 e. The number of hydrogen-bond acceptors (Lipinski definition) is 4. The molecule has 0 saturated carbocycles. The Balaban J connectivity index is 2.80. The van der Waals surface area contributed by atoms with Gasteiger partial charge in [0.1, 0.15) is 0 Å². The summed E-state index contributed by atoms with van der Waals surface area (Å²) in [5, 5.41) is 8.65. The van der Waals surface area contributed by atoms with E-state index in [1.165, 1.54) is 0 Å². The van der Waals surface area contributed by atoms with Crippen LogP contribution in [0.4, 0.5) is 0 Å². The van der Waals surface area contributed by atoms with Gasteiger partial charge in [0.15, 0.2) is 11.5 Å². The summed E-state index contributed by atoms with van der Waals surface area (Å²) in [6.07, 6.45) is 0.585. The number of benzene rings is 1. The summed E-state index contributed by atoms with van der Waals surface area (Å²) in [5.41, 5.74) is 0. The Labute approximate surface area is 89.4 Å². The first-order chi connectivity index (χ1) is 7.33. The smallest absolute Gasteiger partial charge is 0.203 e. The second-order valence-corrected chi connectivity index (χ2v) is 2.92. The molecule has 1 aromatic carbocycles.